The average molecular weight is 284 g/mol. The number of hydrogen-bond acceptors (Lipinski definition) is 2. The lowest BCUT2D eigenvalue weighted by Gasteiger charge is -2.37. The quantitative estimate of drug-likeness (QED) is 0.833. The predicted octanol–water partition coefficient (Wildman–Crippen LogP) is 4.44. The largest absolute Gasteiger partial charge is 0.376 e. The topological polar surface area (TPSA) is 21.3 Å². The number of nitrogens with one attached hydrogen (secondary N) is 1. The standard InChI is InChI=1S/C16H26ClNO/c1-6-18-14(12-8-10-13(17)11-9-12)15(19-7-2)16(3,4)5/h8-11,14-15,18H,6-7H2,1-5H3. The summed E-state index contributed by atoms with van der Waals surface area (Å²) in [6.45, 7) is 12.4. The van der Waals surface area contributed by atoms with E-state index in [1.807, 2.05) is 19.1 Å². The van der Waals surface area contributed by atoms with Crippen LogP contribution in [0.3, 0.4) is 0 Å². The van der Waals surface area contributed by atoms with Crippen LogP contribution in [-0.4, -0.2) is 19.3 Å². The lowest BCUT2D eigenvalue weighted by molar-refractivity contribution is -0.0362. The fraction of sp³-hybridized carbons (Fsp3) is 0.625. The van der Waals surface area contributed by atoms with Gasteiger partial charge in [-0.15, -0.1) is 0 Å². The molecule has 0 bridgehead atoms. The summed E-state index contributed by atoms with van der Waals surface area (Å²) in [7, 11) is 0. The average Bonchev–Trinajstić information content (AvgIpc) is 2.33. The van der Waals surface area contributed by atoms with Crippen molar-refractivity contribution in [1.29, 1.82) is 0 Å². The van der Waals surface area contributed by atoms with Gasteiger partial charge in [-0.25, -0.2) is 0 Å². The smallest absolute Gasteiger partial charge is 0.0817 e. The van der Waals surface area contributed by atoms with Gasteiger partial charge in [-0.3, -0.25) is 0 Å². The monoisotopic (exact) mass is 283 g/mol. The van der Waals surface area contributed by atoms with E-state index in [-0.39, 0.29) is 17.6 Å². The van der Waals surface area contributed by atoms with Crippen LogP contribution in [0.1, 0.15) is 46.2 Å². The Morgan fingerprint density at radius 3 is 2.16 bits per heavy atom. The molecule has 1 aromatic rings. The number of rotatable bonds is 6. The van der Waals surface area contributed by atoms with Crippen molar-refractivity contribution in [2.45, 2.75) is 46.8 Å². The van der Waals surface area contributed by atoms with Crippen molar-refractivity contribution < 1.29 is 4.74 Å². The Labute approximate surface area is 122 Å². The number of likely N-dealkylation sites (N-methyl/N-ethyl adjacent to an activating group) is 1. The van der Waals surface area contributed by atoms with Crippen molar-refractivity contribution >= 4 is 11.6 Å². The number of hydrogen-bond donors (Lipinski definition) is 1. The van der Waals surface area contributed by atoms with Crippen molar-refractivity contribution in [2.24, 2.45) is 5.41 Å². The molecular formula is C16H26ClNO. The zero-order chi connectivity index (χ0) is 14.5. The molecule has 2 atom stereocenters. The first-order valence-electron chi connectivity index (χ1n) is 7.00. The SMILES string of the molecule is CCNC(c1ccc(Cl)cc1)C(OCC)C(C)(C)C. The summed E-state index contributed by atoms with van der Waals surface area (Å²) in [5.41, 5.74) is 1.29. The first kappa shape index (κ1) is 16.5. The van der Waals surface area contributed by atoms with Crippen LogP contribution in [0.15, 0.2) is 24.3 Å². The van der Waals surface area contributed by atoms with Gasteiger partial charge in [-0.1, -0.05) is 51.4 Å². The summed E-state index contributed by atoms with van der Waals surface area (Å²) >= 11 is 5.97. The Hall–Kier alpha value is -0.570. The Bertz CT molecular complexity index is 369. The van der Waals surface area contributed by atoms with E-state index in [9.17, 15) is 0 Å². The molecule has 1 rings (SSSR count). The summed E-state index contributed by atoms with van der Waals surface area (Å²) in [5.74, 6) is 0. The maximum atomic E-state index is 6.01. The normalized spacial score (nSPS) is 15.3. The lowest BCUT2D eigenvalue weighted by Crippen LogP contribution is -2.42. The van der Waals surface area contributed by atoms with E-state index in [1.54, 1.807) is 0 Å². The van der Waals surface area contributed by atoms with Gasteiger partial charge in [0.15, 0.2) is 0 Å². The van der Waals surface area contributed by atoms with Crippen LogP contribution in [0.5, 0.6) is 0 Å². The third-order valence-corrected chi connectivity index (χ3v) is 3.41. The molecule has 0 saturated carbocycles. The van der Waals surface area contributed by atoms with Gasteiger partial charge in [-0.2, -0.15) is 0 Å². The maximum absolute atomic E-state index is 6.01. The van der Waals surface area contributed by atoms with Gasteiger partial charge < -0.3 is 10.1 Å². The van der Waals surface area contributed by atoms with E-state index in [1.165, 1.54) is 5.56 Å². The minimum Gasteiger partial charge on any atom is -0.376 e. The highest BCUT2D eigenvalue weighted by Crippen LogP contribution is 2.33. The molecule has 108 valence electrons. The second-order valence-corrected chi connectivity index (χ2v) is 6.27. The summed E-state index contributed by atoms with van der Waals surface area (Å²) in [6, 6.07) is 8.21. The van der Waals surface area contributed by atoms with Crippen molar-refractivity contribution in [2.75, 3.05) is 13.2 Å². The second kappa shape index (κ2) is 7.28. The van der Waals surface area contributed by atoms with E-state index in [0.717, 1.165) is 18.2 Å². The molecule has 0 fully saturated rings. The minimum atomic E-state index is 0.0719. The van der Waals surface area contributed by atoms with Crippen molar-refractivity contribution in [3.63, 3.8) is 0 Å². The molecule has 0 aliphatic rings. The molecule has 0 radical (unpaired) electrons. The summed E-state index contributed by atoms with van der Waals surface area (Å²) in [5, 5.41) is 4.31. The predicted molar refractivity (Wildman–Crippen MR) is 82.7 cm³/mol. The van der Waals surface area contributed by atoms with Gasteiger partial charge >= 0.3 is 0 Å². The van der Waals surface area contributed by atoms with Gasteiger partial charge in [-0.05, 0) is 36.6 Å². The molecule has 2 nitrogen and oxygen atoms in total. The second-order valence-electron chi connectivity index (χ2n) is 5.83. The highest BCUT2D eigenvalue weighted by atomic mass is 35.5. The molecule has 0 aliphatic carbocycles. The molecular weight excluding hydrogens is 258 g/mol. The highest BCUT2D eigenvalue weighted by Gasteiger charge is 2.33. The first-order valence-corrected chi connectivity index (χ1v) is 7.38. The lowest BCUT2D eigenvalue weighted by atomic mass is 9.82. The molecule has 19 heavy (non-hydrogen) atoms. The molecule has 2 unspecified atom stereocenters. The van der Waals surface area contributed by atoms with E-state index in [0.29, 0.717) is 0 Å². The van der Waals surface area contributed by atoms with E-state index < -0.39 is 0 Å². The number of benzene rings is 1. The molecule has 0 saturated heterocycles. The van der Waals surface area contributed by atoms with Crippen LogP contribution in [0.2, 0.25) is 5.02 Å². The Morgan fingerprint density at radius 2 is 1.74 bits per heavy atom. The van der Waals surface area contributed by atoms with Crippen molar-refractivity contribution in [3.8, 4) is 0 Å². The zero-order valence-corrected chi connectivity index (χ0v) is 13.4. The fourth-order valence-electron chi connectivity index (χ4n) is 2.32. The van der Waals surface area contributed by atoms with Gasteiger partial charge in [0.05, 0.1) is 12.1 Å². The summed E-state index contributed by atoms with van der Waals surface area (Å²) in [6.07, 6.45) is 0.124. The van der Waals surface area contributed by atoms with E-state index in [4.69, 9.17) is 16.3 Å². The van der Waals surface area contributed by atoms with Crippen LogP contribution in [0.25, 0.3) is 0 Å². The van der Waals surface area contributed by atoms with Crippen molar-refractivity contribution in [3.05, 3.63) is 34.9 Å². The maximum Gasteiger partial charge on any atom is 0.0817 e. The third-order valence-electron chi connectivity index (χ3n) is 3.16. The van der Waals surface area contributed by atoms with Crippen LogP contribution in [-0.2, 0) is 4.74 Å². The van der Waals surface area contributed by atoms with E-state index in [2.05, 4.69) is 45.1 Å². The number of halogens is 1. The molecule has 0 amide bonds. The molecule has 0 spiro atoms. The van der Waals surface area contributed by atoms with Crippen molar-refractivity contribution in [1.82, 2.24) is 5.32 Å². The van der Waals surface area contributed by atoms with Crippen LogP contribution < -0.4 is 5.32 Å². The Kier molecular flexibility index (Phi) is 6.31. The molecule has 1 N–H and O–H groups in total. The number of ether oxygens (including phenoxy) is 1. The molecule has 1 aromatic carbocycles. The summed E-state index contributed by atoms with van der Waals surface area (Å²) < 4.78 is 6.01. The molecule has 0 aliphatic heterocycles. The first-order chi connectivity index (χ1) is 8.90. The van der Waals surface area contributed by atoms with Crippen LogP contribution in [0.4, 0.5) is 0 Å². The Morgan fingerprint density at radius 1 is 1.16 bits per heavy atom. The van der Waals surface area contributed by atoms with Gasteiger partial charge in [0, 0.05) is 11.6 Å². The van der Waals surface area contributed by atoms with E-state index >= 15 is 0 Å². The summed E-state index contributed by atoms with van der Waals surface area (Å²) in [4.78, 5) is 0. The fourth-order valence-corrected chi connectivity index (χ4v) is 2.44. The van der Waals surface area contributed by atoms with Gasteiger partial charge in [0.2, 0.25) is 0 Å². The van der Waals surface area contributed by atoms with Gasteiger partial charge in [0.1, 0.15) is 0 Å². The molecule has 0 aromatic heterocycles. The Balaban J connectivity index is 3.05. The molecule has 0 heterocycles. The minimum absolute atomic E-state index is 0.0719. The zero-order valence-electron chi connectivity index (χ0n) is 12.7. The van der Waals surface area contributed by atoms with Crippen LogP contribution in [0, 0.1) is 5.41 Å². The third kappa shape index (κ3) is 4.79. The molecule has 3 heteroatoms. The van der Waals surface area contributed by atoms with Gasteiger partial charge in [0.25, 0.3) is 0 Å². The van der Waals surface area contributed by atoms with Crippen LogP contribution >= 0.6 is 11.6 Å². The highest BCUT2D eigenvalue weighted by molar-refractivity contribution is 6.30.